The monoisotopic (exact) mass is 277 g/mol. The molecule has 18 heavy (non-hydrogen) atoms. The van der Waals surface area contributed by atoms with E-state index in [1.165, 1.54) is 0 Å². The van der Waals surface area contributed by atoms with Crippen molar-refractivity contribution in [3.63, 3.8) is 0 Å². The molecule has 0 spiro atoms. The second-order valence-corrected chi connectivity index (χ2v) is 6.03. The normalized spacial score (nSPS) is 21.4. The lowest BCUT2D eigenvalue weighted by atomic mass is 10.2. The first-order valence-corrected chi connectivity index (χ1v) is 6.98. The maximum atomic E-state index is 13.5. The van der Waals surface area contributed by atoms with Gasteiger partial charge in [-0.2, -0.15) is 4.31 Å². The Morgan fingerprint density at radius 1 is 1.39 bits per heavy atom. The number of nitrogens with zero attached hydrogens (tertiary/aromatic N) is 1. The summed E-state index contributed by atoms with van der Waals surface area (Å²) in [5.41, 5.74) is 0. The summed E-state index contributed by atoms with van der Waals surface area (Å²) in [5.74, 6) is -1.94. The molecule has 2 rings (SSSR count). The molecule has 1 saturated heterocycles. The summed E-state index contributed by atoms with van der Waals surface area (Å²) in [4.78, 5) is -0.552. The van der Waals surface area contributed by atoms with E-state index in [0.29, 0.717) is 18.9 Å². The van der Waals surface area contributed by atoms with Crippen LogP contribution in [0.4, 0.5) is 8.78 Å². The van der Waals surface area contributed by atoms with E-state index < -0.39 is 32.6 Å². The molecule has 100 valence electrons. The molecule has 0 aromatic heterocycles. The molecule has 0 bridgehead atoms. The average molecular weight is 277 g/mol. The Bertz CT molecular complexity index is 547. The van der Waals surface area contributed by atoms with Crippen LogP contribution < -0.4 is 0 Å². The van der Waals surface area contributed by atoms with Gasteiger partial charge in [0.05, 0.1) is 6.61 Å². The van der Waals surface area contributed by atoms with Gasteiger partial charge in [-0.25, -0.2) is 17.2 Å². The molecular weight excluding hydrogens is 264 g/mol. The minimum atomic E-state index is -4.02. The van der Waals surface area contributed by atoms with Crippen molar-refractivity contribution in [3.05, 3.63) is 29.8 Å². The Kier molecular flexibility index (Phi) is 3.65. The zero-order valence-electron chi connectivity index (χ0n) is 9.51. The fourth-order valence-electron chi connectivity index (χ4n) is 2.12. The van der Waals surface area contributed by atoms with Crippen molar-refractivity contribution in [2.24, 2.45) is 0 Å². The minimum absolute atomic E-state index is 0.240. The fraction of sp³-hybridized carbons (Fsp3) is 0.455. The Balaban J connectivity index is 2.42. The van der Waals surface area contributed by atoms with Gasteiger partial charge >= 0.3 is 0 Å². The SMILES string of the molecule is O=S(=O)(c1ccc(F)cc1F)N1CCCC1CO. The standard InChI is InChI=1S/C11H13F2NO3S/c12-8-3-4-11(10(13)6-8)18(16,17)14-5-1-2-9(14)7-15/h3-4,6,9,15H,1-2,5,7H2. The smallest absolute Gasteiger partial charge is 0.246 e. The summed E-state index contributed by atoms with van der Waals surface area (Å²) in [6.45, 7) is -0.0631. The Hall–Kier alpha value is -1.05. The van der Waals surface area contributed by atoms with Crippen molar-refractivity contribution in [1.82, 2.24) is 4.31 Å². The van der Waals surface area contributed by atoms with Gasteiger partial charge in [-0.15, -0.1) is 0 Å². The quantitative estimate of drug-likeness (QED) is 0.900. The van der Waals surface area contributed by atoms with Crippen LogP contribution in [0.15, 0.2) is 23.1 Å². The molecule has 0 radical (unpaired) electrons. The molecule has 1 heterocycles. The molecule has 1 atom stereocenters. The van der Waals surface area contributed by atoms with Gasteiger partial charge in [0.1, 0.15) is 16.5 Å². The number of hydrogen-bond donors (Lipinski definition) is 1. The lowest BCUT2D eigenvalue weighted by Crippen LogP contribution is -2.38. The van der Waals surface area contributed by atoms with Crippen LogP contribution in [0.25, 0.3) is 0 Å². The highest BCUT2D eigenvalue weighted by atomic mass is 32.2. The van der Waals surface area contributed by atoms with Crippen LogP contribution in [0.5, 0.6) is 0 Å². The molecule has 0 aliphatic carbocycles. The zero-order chi connectivity index (χ0) is 13.3. The summed E-state index contributed by atoms with van der Waals surface area (Å²) >= 11 is 0. The van der Waals surface area contributed by atoms with Crippen molar-refractivity contribution >= 4 is 10.0 Å². The first-order valence-electron chi connectivity index (χ1n) is 5.54. The summed E-state index contributed by atoms with van der Waals surface area (Å²) in [6, 6.07) is 1.82. The van der Waals surface area contributed by atoms with Crippen LogP contribution in [0.3, 0.4) is 0 Å². The Morgan fingerprint density at radius 2 is 2.11 bits per heavy atom. The highest BCUT2D eigenvalue weighted by molar-refractivity contribution is 7.89. The van der Waals surface area contributed by atoms with Crippen molar-refractivity contribution in [1.29, 1.82) is 0 Å². The second-order valence-electron chi connectivity index (χ2n) is 4.17. The van der Waals surface area contributed by atoms with Crippen LogP contribution >= 0.6 is 0 Å². The van der Waals surface area contributed by atoms with Crippen molar-refractivity contribution in [3.8, 4) is 0 Å². The summed E-state index contributed by atoms with van der Waals surface area (Å²) in [6.07, 6.45) is 1.16. The summed E-state index contributed by atoms with van der Waals surface area (Å²) < 4.78 is 51.7. The molecular formula is C11H13F2NO3S. The lowest BCUT2D eigenvalue weighted by Gasteiger charge is -2.22. The average Bonchev–Trinajstić information content (AvgIpc) is 2.76. The van der Waals surface area contributed by atoms with E-state index in [4.69, 9.17) is 5.11 Å². The number of sulfonamides is 1. The molecule has 7 heteroatoms. The van der Waals surface area contributed by atoms with E-state index in [1.807, 2.05) is 0 Å². The molecule has 1 aliphatic heterocycles. The van der Waals surface area contributed by atoms with E-state index in [9.17, 15) is 17.2 Å². The van der Waals surface area contributed by atoms with Crippen LogP contribution in [-0.2, 0) is 10.0 Å². The van der Waals surface area contributed by atoms with Gasteiger partial charge in [0.25, 0.3) is 0 Å². The van der Waals surface area contributed by atoms with Gasteiger partial charge in [0.15, 0.2) is 0 Å². The van der Waals surface area contributed by atoms with Crippen molar-refractivity contribution < 1.29 is 22.3 Å². The summed E-state index contributed by atoms with van der Waals surface area (Å²) in [7, 11) is -4.02. The Labute approximate surface area is 104 Å². The zero-order valence-corrected chi connectivity index (χ0v) is 10.3. The lowest BCUT2D eigenvalue weighted by molar-refractivity contribution is 0.213. The molecule has 0 saturated carbocycles. The third-order valence-electron chi connectivity index (χ3n) is 3.01. The Morgan fingerprint density at radius 3 is 2.72 bits per heavy atom. The van der Waals surface area contributed by atoms with E-state index in [2.05, 4.69) is 0 Å². The maximum absolute atomic E-state index is 13.5. The van der Waals surface area contributed by atoms with E-state index >= 15 is 0 Å². The van der Waals surface area contributed by atoms with Gasteiger partial charge in [-0.3, -0.25) is 0 Å². The third-order valence-corrected chi connectivity index (χ3v) is 5.00. The molecule has 4 nitrogen and oxygen atoms in total. The van der Waals surface area contributed by atoms with Crippen LogP contribution in [-0.4, -0.2) is 37.0 Å². The molecule has 1 fully saturated rings. The third kappa shape index (κ3) is 2.25. The van der Waals surface area contributed by atoms with Gasteiger partial charge in [-0.05, 0) is 25.0 Å². The minimum Gasteiger partial charge on any atom is -0.395 e. The van der Waals surface area contributed by atoms with Crippen LogP contribution in [0, 0.1) is 11.6 Å². The highest BCUT2D eigenvalue weighted by Crippen LogP contribution is 2.27. The van der Waals surface area contributed by atoms with Gasteiger partial charge < -0.3 is 5.11 Å². The van der Waals surface area contributed by atoms with Gasteiger partial charge in [0.2, 0.25) is 10.0 Å². The number of rotatable bonds is 3. The number of hydrogen-bond acceptors (Lipinski definition) is 3. The molecule has 1 unspecified atom stereocenters. The molecule has 1 aliphatic rings. The van der Waals surface area contributed by atoms with E-state index in [-0.39, 0.29) is 13.2 Å². The first kappa shape index (κ1) is 13.4. The van der Waals surface area contributed by atoms with E-state index in [0.717, 1.165) is 16.4 Å². The second kappa shape index (κ2) is 4.91. The van der Waals surface area contributed by atoms with Crippen molar-refractivity contribution in [2.45, 2.75) is 23.8 Å². The van der Waals surface area contributed by atoms with E-state index in [1.54, 1.807) is 0 Å². The predicted molar refractivity (Wildman–Crippen MR) is 60.4 cm³/mol. The van der Waals surface area contributed by atoms with Gasteiger partial charge in [0, 0.05) is 18.7 Å². The van der Waals surface area contributed by atoms with Crippen LogP contribution in [0.1, 0.15) is 12.8 Å². The number of halogens is 2. The number of aliphatic hydroxyl groups excluding tert-OH is 1. The van der Waals surface area contributed by atoms with Crippen LogP contribution in [0.2, 0.25) is 0 Å². The first-order chi connectivity index (χ1) is 8.46. The highest BCUT2D eigenvalue weighted by Gasteiger charge is 2.36. The number of benzene rings is 1. The molecule has 1 aromatic carbocycles. The predicted octanol–water partition coefficient (Wildman–Crippen LogP) is 1.11. The van der Waals surface area contributed by atoms with Crippen molar-refractivity contribution in [2.75, 3.05) is 13.2 Å². The summed E-state index contributed by atoms with van der Waals surface area (Å²) in [5, 5.41) is 9.10. The fourth-order valence-corrected chi connectivity index (χ4v) is 3.85. The molecule has 0 amide bonds. The largest absolute Gasteiger partial charge is 0.395 e. The number of aliphatic hydroxyl groups is 1. The molecule has 1 N–H and O–H groups in total. The topological polar surface area (TPSA) is 57.6 Å². The van der Waals surface area contributed by atoms with Gasteiger partial charge in [-0.1, -0.05) is 0 Å². The molecule has 1 aromatic rings. The maximum Gasteiger partial charge on any atom is 0.246 e.